The Hall–Kier alpha value is -1.41. The van der Waals surface area contributed by atoms with Crippen molar-refractivity contribution in [1.82, 2.24) is 0 Å². The van der Waals surface area contributed by atoms with Crippen molar-refractivity contribution in [2.75, 3.05) is 0 Å². The Bertz CT molecular complexity index is 608. The second-order valence-electron chi connectivity index (χ2n) is 6.05. The summed E-state index contributed by atoms with van der Waals surface area (Å²) >= 11 is 2.04. The topological polar surface area (TPSA) is 9.23 Å². The fraction of sp³-hybridized carbons (Fsp3) is 0.400. The molecule has 0 aliphatic carbocycles. The second-order valence-corrected chi connectivity index (χ2v) is 7.27. The van der Waals surface area contributed by atoms with Gasteiger partial charge in [-0.25, -0.2) is 0 Å². The Morgan fingerprint density at radius 2 is 1.91 bits per heavy atom. The van der Waals surface area contributed by atoms with Crippen LogP contribution < -0.4 is 4.74 Å². The van der Waals surface area contributed by atoms with Gasteiger partial charge in [0.1, 0.15) is 11.9 Å². The summed E-state index contributed by atoms with van der Waals surface area (Å²) in [6, 6.07) is 17.3. The number of hydrogen-bond donors (Lipinski definition) is 0. The van der Waals surface area contributed by atoms with Crippen LogP contribution in [0.3, 0.4) is 0 Å². The lowest BCUT2D eigenvalue weighted by atomic mass is 9.97. The van der Waals surface area contributed by atoms with E-state index in [-0.39, 0.29) is 0 Å². The van der Waals surface area contributed by atoms with Crippen molar-refractivity contribution in [1.29, 1.82) is 0 Å². The third-order valence-electron chi connectivity index (χ3n) is 4.28. The Morgan fingerprint density at radius 1 is 1.09 bits per heavy atom. The molecule has 3 rings (SSSR count). The summed E-state index contributed by atoms with van der Waals surface area (Å²) in [6.45, 7) is 4.40. The van der Waals surface area contributed by atoms with Crippen LogP contribution in [0.1, 0.15) is 36.5 Å². The number of hydrogen-bond acceptors (Lipinski definition) is 2. The summed E-state index contributed by atoms with van der Waals surface area (Å²) < 4.78 is 6.38. The molecule has 0 unspecified atom stereocenters. The van der Waals surface area contributed by atoms with Gasteiger partial charge in [0.15, 0.2) is 0 Å². The molecule has 1 aliphatic heterocycles. The van der Waals surface area contributed by atoms with Gasteiger partial charge in [-0.15, -0.1) is 11.8 Å². The molecule has 2 aromatic rings. The molecule has 0 bridgehead atoms. The molecule has 22 heavy (non-hydrogen) atoms. The molecule has 0 saturated heterocycles. The summed E-state index contributed by atoms with van der Waals surface area (Å²) in [5.74, 6) is 2.20. The van der Waals surface area contributed by atoms with Gasteiger partial charge >= 0.3 is 0 Å². The summed E-state index contributed by atoms with van der Waals surface area (Å²) in [5.41, 5.74) is 4.04. The zero-order valence-electron chi connectivity index (χ0n) is 13.4. The van der Waals surface area contributed by atoms with Crippen molar-refractivity contribution < 1.29 is 4.74 Å². The maximum Gasteiger partial charge on any atom is 0.125 e. The van der Waals surface area contributed by atoms with Gasteiger partial charge in [-0.3, -0.25) is 0 Å². The average molecular weight is 312 g/mol. The lowest BCUT2D eigenvalue weighted by molar-refractivity contribution is 0.168. The van der Waals surface area contributed by atoms with Crippen molar-refractivity contribution in [2.45, 2.75) is 50.2 Å². The minimum atomic E-state index is 0.340. The highest BCUT2D eigenvalue weighted by Gasteiger charge is 2.30. The van der Waals surface area contributed by atoms with E-state index in [0.717, 1.165) is 24.3 Å². The third-order valence-corrected chi connectivity index (χ3v) is 5.68. The van der Waals surface area contributed by atoms with Gasteiger partial charge in [0.05, 0.1) is 0 Å². The molecule has 0 fully saturated rings. The monoisotopic (exact) mass is 312 g/mol. The first-order valence-electron chi connectivity index (χ1n) is 8.18. The Kier molecular flexibility index (Phi) is 5.09. The van der Waals surface area contributed by atoms with Gasteiger partial charge in [-0.1, -0.05) is 61.9 Å². The lowest BCUT2D eigenvalue weighted by Crippen LogP contribution is -2.35. The van der Waals surface area contributed by atoms with Crippen LogP contribution in [-0.2, 0) is 12.2 Å². The molecule has 1 heterocycles. The number of benzene rings is 2. The predicted octanol–water partition coefficient (Wildman–Crippen LogP) is 5.40. The molecular weight excluding hydrogens is 288 g/mol. The Morgan fingerprint density at radius 3 is 2.68 bits per heavy atom. The fourth-order valence-electron chi connectivity index (χ4n) is 3.09. The van der Waals surface area contributed by atoms with Crippen LogP contribution >= 0.6 is 11.8 Å². The first-order chi connectivity index (χ1) is 10.8. The van der Waals surface area contributed by atoms with Crippen LogP contribution in [0.5, 0.6) is 5.75 Å². The molecule has 2 aromatic carbocycles. The Labute approximate surface area is 138 Å². The third kappa shape index (κ3) is 3.49. The van der Waals surface area contributed by atoms with E-state index in [0.29, 0.717) is 11.4 Å². The standard InChI is InChI=1S/C20H24OS/c1-3-8-18-19(22-14-16-10-5-4-6-11-16)13-17-12-7-9-15(2)20(17)21-18/h4-7,9-12,18-19H,3,8,13-14H2,1-2H3/t18-,19+/m1/s1. The van der Waals surface area contributed by atoms with Gasteiger partial charge in [0.25, 0.3) is 0 Å². The molecule has 1 nitrogen and oxygen atoms in total. The molecule has 0 saturated carbocycles. The van der Waals surface area contributed by atoms with E-state index >= 15 is 0 Å². The molecule has 0 aromatic heterocycles. The van der Waals surface area contributed by atoms with E-state index in [1.807, 2.05) is 11.8 Å². The fourth-order valence-corrected chi connectivity index (χ4v) is 4.39. The first kappa shape index (κ1) is 15.5. The average Bonchev–Trinajstić information content (AvgIpc) is 2.55. The molecule has 0 radical (unpaired) electrons. The minimum absolute atomic E-state index is 0.340. The number of para-hydroxylation sites is 1. The van der Waals surface area contributed by atoms with Gasteiger partial charge in [-0.05, 0) is 36.5 Å². The van der Waals surface area contributed by atoms with Crippen LogP contribution in [0.2, 0.25) is 0 Å². The second kappa shape index (κ2) is 7.23. The van der Waals surface area contributed by atoms with Crippen LogP contribution in [0, 0.1) is 6.92 Å². The predicted molar refractivity (Wildman–Crippen MR) is 95.7 cm³/mol. The molecule has 0 N–H and O–H groups in total. The number of rotatable bonds is 5. The molecule has 1 aliphatic rings. The molecule has 2 heteroatoms. The van der Waals surface area contributed by atoms with E-state index in [1.54, 1.807) is 0 Å². The summed E-state index contributed by atoms with van der Waals surface area (Å²) in [4.78, 5) is 0. The van der Waals surface area contributed by atoms with E-state index < -0.39 is 0 Å². The highest BCUT2D eigenvalue weighted by atomic mass is 32.2. The maximum absolute atomic E-state index is 6.38. The number of aryl methyl sites for hydroxylation is 1. The highest BCUT2D eigenvalue weighted by Crippen LogP contribution is 2.37. The van der Waals surface area contributed by atoms with Gasteiger partial charge < -0.3 is 4.74 Å². The van der Waals surface area contributed by atoms with Crippen molar-refractivity contribution in [3.05, 3.63) is 65.2 Å². The van der Waals surface area contributed by atoms with E-state index in [2.05, 4.69) is 62.4 Å². The van der Waals surface area contributed by atoms with Gasteiger partial charge in [0.2, 0.25) is 0 Å². The largest absolute Gasteiger partial charge is 0.489 e. The molecule has 0 amide bonds. The van der Waals surface area contributed by atoms with E-state index in [4.69, 9.17) is 4.74 Å². The van der Waals surface area contributed by atoms with Crippen LogP contribution in [0.4, 0.5) is 0 Å². The van der Waals surface area contributed by atoms with Crippen molar-refractivity contribution in [3.63, 3.8) is 0 Å². The van der Waals surface area contributed by atoms with Crippen LogP contribution in [-0.4, -0.2) is 11.4 Å². The first-order valence-corrected chi connectivity index (χ1v) is 9.23. The minimum Gasteiger partial charge on any atom is -0.489 e. The molecule has 2 atom stereocenters. The van der Waals surface area contributed by atoms with Crippen LogP contribution in [0.15, 0.2) is 48.5 Å². The summed E-state index contributed by atoms with van der Waals surface area (Å²) in [6.07, 6.45) is 3.78. The normalized spacial score (nSPS) is 20.3. The van der Waals surface area contributed by atoms with Crippen molar-refractivity contribution in [3.8, 4) is 5.75 Å². The van der Waals surface area contributed by atoms with Crippen LogP contribution in [0.25, 0.3) is 0 Å². The van der Waals surface area contributed by atoms with E-state index in [9.17, 15) is 0 Å². The lowest BCUT2D eigenvalue weighted by Gasteiger charge is -2.34. The van der Waals surface area contributed by atoms with Gasteiger partial charge in [0, 0.05) is 11.0 Å². The zero-order chi connectivity index (χ0) is 15.4. The summed E-state index contributed by atoms with van der Waals surface area (Å²) in [5, 5.41) is 0.550. The van der Waals surface area contributed by atoms with Crippen molar-refractivity contribution >= 4 is 11.8 Å². The Balaban J connectivity index is 1.74. The quantitative estimate of drug-likeness (QED) is 0.731. The molecule has 0 spiro atoms. The van der Waals surface area contributed by atoms with Crippen molar-refractivity contribution in [2.24, 2.45) is 0 Å². The number of ether oxygens (including phenoxy) is 1. The number of thioether (sulfide) groups is 1. The highest BCUT2D eigenvalue weighted by molar-refractivity contribution is 7.99. The SMILES string of the molecule is CCC[C@H]1Oc2c(C)cccc2C[C@@H]1SCc1ccccc1. The van der Waals surface area contributed by atoms with Gasteiger partial charge in [-0.2, -0.15) is 0 Å². The van der Waals surface area contributed by atoms with E-state index in [1.165, 1.54) is 23.1 Å². The maximum atomic E-state index is 6.38. The molecule has 116 valence electrons. The smallest absolute Gasteiger partial charge is 0.125 e. The molecular formula is C20H24OS. The zero-order valence-corrected chi connectivity index (χ0v) is 14.2. The summed E-state index contributed by atoms with van der Waals surface area (Å²) in [7, 11) is 0. The number of fused-ring (bicyclic) bond motifs is 1.